The average molecular weight is 239 g/mol. The highest BCUT2D eigenvalue weighted by molar-refractivity contribution is 5.95. The first-order valence-corrected chi connectivity index (χ1v) is 4.69. The summed E-state index contributed by atoms with van der Waals surface area (Å²) in [5.74, 6) is -4.90. The highest BCUT2D eigenvalue weighted by atomic mass is 16.6. The quantitative estimate of drug-likeness (QED) is 0.319. The molecule has 0 bridgehead atoms. The number of hydrogen-bond donors (Lipinski definition) is 0. The van der Waals surface area contributed by atoms with Gasteiger partial charge in [0.15, 0.2) is 0 Å². The first-order valence-electron chi connectivity index (χ1n) is 4.69. The smallest absolute Gasteiger partial charge is 0.259 e. The van der Waals surface area contributed by atoms with E-state index in [9.17, 15) is 29.9 Å². The first-order chi connectivity index (χ1) is 7.71. The SMILES string of the molecule is CC1=C(C(=O)[O-])C(C(=O)[O-])C=CC1(C)[N+](=O)[O-]. The van der Waals surface area contributed by atoms with Gasteiger partial charge in [-0.1, -0.05) is 6.08 Å². The van der Waals surface area contributed by atoms with Crippen LogP contribution < -0.4 is 10.2 Å². The van der Waals surface area contributed by atoms with Gasteiger partial charge >= 0.3 is 0 Å². The summed E-state index contributed by atoms with van der Waals surface area (Å²) in [5.41, 5.74) is -2.52. The van der Waals surface area contributed by atoms with Crippen LogP contribution in [0.4, 0.5) is 0 Å². The van der Waals surface area contributed by atoms with Gasteiger partial charge in [-0.25, -0.2) is 0 Å². The molecule has 0 aromatic heterocycles. The molecule has 7 heteroatoms. The lowest BCUT2D eigenvalue weighted by Crippen LogP contribution is -2.45. The highest BCUT2D eigenvalue weighted by Crippen LogP contribution is 2.33. The Bertz CT molecular complexity index is 463. The van der Waals surface area contributed by atoms with E-state index in [0.717, 1.165) is 12.2 Å². The van der Waals surface area contributed by atoms with Crippen molar-refractivity contribution in [2.75, 3.05) is 0 Å². The fraction of sp³-hybridized carbons (Fsp3) is 0.400. The molecule has 0 spiro atoms. The molecule has 7 nitrogen and oxygen atoms in total. The van der Waals surface area contributed by atoms with E-state index in [2.05, 4.69) is 0 Å². The van der Waals surface area contributed by atoms with Crippen molar-refractivity contribution in [3.63, 3.8) is 0 Å². The molecule has 92 valence electrons. The minimum Gasteiger partial charge on any atom is -0.549 e. The molecule has 0 aromatic carbocycles. The van der Waals surface area contributed by atoms with Crippen LogP contribution in [0, 0.1) is 16.0 Å². The third-order valence-corrected chi connectivity index (χ3v) is 2.94. The molecule has 17 heavy (non-hydrogen) atoms. The molecule has 0 amide bonds. The van der Waals surface area contributed by atoms with Crippen molar-refractivity contribution in [1.29, 1.82) is 0 Å². The number of rotatable bonds is 3. The number of carbonyl (C=O) groups excluding carboxylic acids is 2. The fourth-order valence-electron chi connectivity index (χ4n) is 1.68. The number of carboxylic acid groups (broad SMARTS) is 2. The van der Waals surface area contributed by atoms with Crippen LogP contribution >= 0.6 is 0 Å². The summed E-state index contributed by atoms with van der Waals surface area (Å²) >= 11 is 0. The van der Waals surface area contributed by atoms with Gasteiger partial charge in [-0.3, -0.25) is 10.1 Å². The van der Waals surface area contributed by atoms with Gasteiger partial charge in [0.05, 0.1) is 11.9 Å². The number of carbonyl (C=O) groups is 2. The molecule has 0 saturated carbocycles. The van der Waals surface area contributed by atoms with Crippen molar-refractivity contribution in [2.45, 2.75) is 19.4 Å². The molecular weight excluding hydrogens is 230 g/mol. The molecule has 0 saturated heterocycles. The van der Waals surface area contributed by atoms with Gasteiger partial charge in [0.25, 0.3) is 5.54 Å². The Hall–Kier alpha value is -2.18. The van der Waals surface area contributed by atoms with Gasteiger partial charge in [0, 0.05) is 23.3 Å². The van der Waals surface area contributed by atoms with Crippen LogP contribution in [-0.4, -0.2) is 22.4 Å². The molecule has 0 fully saturated rings. The van der Waals surface area contributed by atoms with E-state index in [1.54, 1.807) is 0 Å². The van der Waals surface area contributed by atoms with Crippen LogP contribution in [0.25, 0.3) is 0 Å². The second-order valence-electron chi connectivity index (χ2n) is 3.89. The van der Waals surface area contributed by atoms with Gasteiger partial charge in [-0.05, 0) is 18.6 Å². The van der Waals surface area contributed by atoms with E-state index >= 15 is 0 Å². The summed E-state index contributed by atoms with van der Waals surface area (Å²) in [6.07, 6.45) is 1.99. The summed E-state index contributed by atoms with van der Waals surface area (Å²) in [7, 11) is 0. The lowest BCUT2D eigenvalue weighted by molar-refractivity contribution is -0.539. The van der Waals surface area contributed by atoms with Crippen molar-refractivity contribution >= 4 is 11.9 Å². The van der Waals surface area contributed by atoms with E-state index in [1.807, 2.05) is 0 Å². The van der Waals surface area contributed by atoms with Crippen LogP contribution in [0.2, 0.25) is 0 Å². The summed E-state index contributed by atoms with van der Waals surface area (Å²) in [6.45, 7) is 2.39. The maximum Gasteiger partial charge on any atom is 0.259 e. The zero-order valence-corrected chi connectivity index (χ0v) is 9.13. The topological polar surface area (TPSA) is 123 Å². The molecule has 1 aliphatic carbocycles. The number of aliphatic carboxylic acids is 2. The second-order valence-corrected chi connectivity index (χ2v) is 3.89. The van der Waals surface area contributed by atoms with E-state index in [0.29, 0.717) is 0 Å². The maximum absolute atomic E-state index is 10.9. The van der Waals surface area contributed by atoms with Gasteiger partial charge in [-0.2, -0.15) is 0 Å². The molecule has 1 aliphatic rings. The van der Waals surface area contributed by atoms with Crippen LogP contribution in [0.5, 0.6) is 0 Å². The highest BCUT2D eigenvalue weighted by Gasteiger charge is 2.42. The molecule has 1 rings (SSSR count). The van der Waals surface area contributed by atoms with Gasteiger partial charge in [0.2, 0.25) is 0 Å². The van der Waals surface area contributed by atoms with Crippen molar-refractivity contribution in [3.05, 3.63) is 33.4 Å². The lowest BCUT2D eigenvalue weighted by atomic mass is 9.79. The molecule has 2 atom stereocenters. The number of hydrogen-bond acceptors (Lipinski definition) is 6. The monoisotopic (exact) mass is 239 g/mol. The van der Waals surface area contributed by atoms with Gasteiger partial charge < -0.3 is 19.8 Å². The Balaban J connectivity index is 3.43. The summed E-state index contributed by atoms with van der Waals surface area (Å²) in [5, 5.41) is 32.5. The van der Waals surface area contributed by atoms with Gasteiger partial charge in [0.1, 0.15) is 0 Å². The molecule has 0 aliphatic heterocycles. The maximum atomic E-state index is 10.9. The van der Waals surface area contributed by atoms with Crippen LogP contribution in [0.1, 0.15) is 13.8 Å². The standard InChI is InChI=1S/C10H11NO6/c1-5-7(9(14)15)6(8(12)13)3-4-10(5,2)11(16)17/h3-4,6H,1-2H3,(H,12,13)(H,14,15)/p-2. The largest absolute Gasteiger partial charge is 0.549 e. The predicted octanol–water partition coefficient (Wildman–Crippen LogP) is -1.98. The number of carboxylic acids is 2. The van der Waals surface area contributed by atoms with Crippen molar-refractivity contribution in [1.82, 2.24) is 0 Å². The Morgan fingerprint density at radius 1 is 1.41 bits per heavy atom. The Labute approximate surface area is 96.2 Å². The molecule has 2 unspecified atom stereocenters. The van der Waals surface area contributed by atoms with E-state index in [-0.39, 0.29) is 5.57 Å². The number of nitro groups is 1. The van der Waals surface area contributed by atoms with E-state index < -0.39 is 33.9 Å². The summed E-state index contributed by atoms with van der Waals surface area (Å²) in [4.78, 5) is 31.8. The van der Waals surface area contributed by atoms with Crippen LogP contribution in [0.3, 0.4) is 0 Å². The van der Waals surface area contributed by atoms with E-state index in [4.69, 9.17) is 0 Å². The van der Waals surface area contributed by atoms with Crippen LogP contribution in [0.15, 0.2) is 23.3 Å². The lowest BCUT2D eigenvalue weighted by Gasteiger charge is -2.30. The Morgan fingerprint density at radius 2 is 1.94 bits per heavy atom. The summed E-state index contributed by atoms with van der Waals surface area (Å²) in [6, 6.07) is 0. The number of nitrogens with zero attached hydrogens (tertiary/aromatic N) is 1. The minimum atomic E-state index is -1.74. The molecule has 0 aromatic rings. The third-order valence-electron chi connectivity index (χ3n) is 2.94. The zero-order valence-electron chi connectivity index (χ0n) is 9.13. The molecular formula is C10H9NO6-2. The fourth-order valence-corrected chi connectivity index (χ4v) is 1.68. The third kappa shape index (κ3) is 1.91. The van der Waals surface area contributed by atoms with Gasteiger partial charge in [-0.15, -0.1) is 0 Å². The average Bonchev–Trinajstić information content (AvgIpc) is 2.20. The normalized spacial score (nSPS) is 28.0. The Kier molecular flexibility index (Phi) is 3.03. The molecule has 0 radical (unpaired) electrons. The first kappa shape index (κ1) is 12.9. The van der Waals surface area contributed by atoms with Crippen molar-refractivity contribution in [3.8, 4) is 0 Å². The predicted molar refractivity (Wildman–Crippen MR) is 50.7 cm³/mol. The van der Waals surface area contributed by atoms with Crippen molar-refractivity contribution in [2.24, 2.45) is 5.92 Å². The zero-order chi connectivity index (χ0) is 13.4. The summed E-state index contributed by atoms with van der Waals surface area (Å²) < 4.78 is 0. The minimum absolute atomic E-state index is 0.167. The van der Waals surface area contributed by atoms with Crippen LogP contribution in [-0.2, 0) is 9.59 Å². The van der Waals surface area contributed by atoms with E-state index in [1.165, 1.54) is 13.8 Å². The Morgan fingerprint density at radius 3 is 2.29 bits per heavy atom. The van der Waals surface area contributed by atoms with Crippen molar-refractivity contribution < 1.29 is 24.7 Å². The second kappa shape index (κ2) is 4.00. The molecule has 0 N–H and O–H groups in total. The molecule has 0 heterocycles.